The predicted molar refractivity (Wildman–Crippen MR) is 64.4 cm³/mol. The van der Waals surface area contributed by atoms with Gasteiger partial charge in [-0.1, -0.05) is 0 Å². The number of benzene rings is 1. The molecule has 0 amide bonds. The summed E-state index contributed by atoms with van der Waals surface area (Å²) >= 11 is 0. The lowest BCUT2D eigenvalue weighted by Gasteiger charge is -2.15. The maximum absolute atomic E-state index is 13.0. The van der Waals surface area contributed by atoms with Crippen LogP contribution in [0.1, 0.15) is 25.3 Å². The average Bonchev–Trinajstić information content (AvgIpc) is 2.24. The summed E-state index contributed by atoms with van der Waals surface area (Å²) in [4.78, 5) is 0. The van der Waals surface area contributed by atoms with Crippen molar-refractivity contribution in [2.45, 2.75) is 32.8 Å². The summed E-state index contributed by atoms with van der Waals surface area (Å²) in [7, 11) is 1.94. The van der Waals surface area contributed by atoms with Crippen LogP contribution in [0.3, 0.4) is 0 Å². The van der Waals surface area contributed by atoms with E-state index in [9.17, 15) is 4.39 Å². The van der Waals surface area contributed by atoms with Crippen LogP contribution in [-0.4, -0.2) is 19.7 Å². The van der Waals surface area contributed by atoms with Gasteiger partial charge in [-0.3, -0.25) is 0 Å². The highest BCUT2D eigenvalue weighted by atomic mass is 19.1. The first-order valence-corrected chi connectivity index (χ1v) is 5.71. The standard InChI is InChI=1S/C13H20FNO/c1-10-9-12(6-7-13(10)14)16-11(2)5-4-8-15-3/h6-7,9,11,15H,4-5,8H2,1-3H3. The molecule has 0 heterocycles. The zero-order valence-corrected chi connectivity index (χ0v) is 10.2. The van der Waals surface area contributed by atoms with Gasteiger partial charge in [0.1, 0.15) is 11.6 Å². The van der Waals surface area contributed by atoms with Gasteiger partial charge in [0.25, 0.3) is 0 Å². The van der Waals surface area contributed by atoms with E-state index in [4.69, 9.17) is 4.74 Å². The van der Waals surface area contributed by atoms with E-state index in [1.165, 1.54) is 6.07 Å². The van der Waals surface area contributed by atoms with Crippen LogP contribution in [-0.2, 0) is 0 Å². The molecule has 1 rings (SSSR count). The molecule has 1 aromatic carbocycles. The van der Waals surface area contributed by atoms with Crippen LogP contribution in [0.2, 0.25) is 0 Å². The lowest BCUT2D eigenvalue weighted by atomic mass is 10.2. The molecular formula is C13H20FNO. The molecule has 90 valence electrons. The Balaban J connectivity index is 2.43. The quantitative estimate of drug-likeness (QED) is 0.752. The maximum Gasteiger partial charge on any atom is 0.126 e. The molecule has 3 heteroatoms. The molecule has 2 nitrogen and oxygen atoms in total. The van der Waals surface area contributed by atoms with Gasteiger partial charge in [0.15, 0.2) is 0 Å². The van der Waals surface area contributed by atoms with E-state index in [2.05, 4.69) is 5.32 Å². The van der Waals surface area contributed by atoms with Crippen LogP contribution in [0.5, 0.6) is 5.75 Å². The van der Waals surface area contributed by atoms with Gasteiger partial charge in [0.2, 0.25) is 0 Å². The second kappa shape index (κ2) is 6.48. The molecule has 0 saturated carbocycles. The molecule has 0 radical (unpaired) electrons. The van der Waals surface area contributed by atoms with Crippen molar-refractivity contribution in [2.75, 3.05) is 13.6 Å². The monoisotopic (exact) mass is 225 g/mol. The van der Waals surface area contributed by atoms with Gasteiger partial charge in [0.05, 0.1) is 6.10 Å². The van der Waals surface area contributed by atoms with Crippen LogP contribution in [0.15, 0.2) is 18.2 Å². The van der Waals surface area contributed by atoms with E-state index < -0.39 is 0 Å². The summed E-state index contributed by atoms with van der Waals surface area (Å²) < 4.78 is 18.7. The zero-order chi connectivity index (χ0) is 12.0. The lowest BCUT2D eigenvalue weighted by molar-refractivity contribution is 0.207. The fraction of sp³-hybridized carbons (Fsp3) is 0.538. The minimum Gasteiger partial charge on any atom is -0.491 e. The van der Waals surface area contributed by atoms with Crippen molar-refractivity contribution in [3.63, 3.8) is 0 Å². The number of rotatable bonds is 6. The van der Waals surface area contributed by atoms with E-state index in [-0.39, 0.29) is 11.9 Å². The summed E-state index contributed by atoms with van der Waals surface area (Å²) in [5.41, 5.74) is 0.625. The third-order valence-corrected chi connectivity index (χ3v) is 2.50. The SMILES string of the molecule is CNCCCC(C)Oc1ccc(F)c(C)c1. The molecule has 1 N–H and O–H groups in total. The maximum atomic E-state index is 13.0. The van der Waals surface area contributed by atoms with Crippen LogP contribution < -0.4 is 10.1 Å². The Hall–Kier alpha value is -1.09. The van der Waals surface area contributed by atoms with E-state index >= 15 is 0 Å². The van der Waals surface area contributed by atoms with Crippen molar-refractivity contribution >= 4 is 0 Å². The van der Waals surface area contributed by atoms with E-state index in [1.807, 2.05) is 14.0 Å². The first-order chi connectivity index (χ1) is 7.63. The fourth-order valence-corrected chi connectivity index (χ4v) is 1.55. The largest absolute Gasteiger partial charge is 0.491 e. The number of hydrogen-bond donors (Lipinski definition) is 1. The van der Waals surface area contributed by atoms with Crippen LogP contribution >= 0.6 is 0 Å². The highest BCUT2D eigenvalue weighted by Crippen LogP contribution is 2.18. The molecule has 0 aliphatic heterocycles. The Morgan fingerprint density at radius 3 is 2.81 bits per heavy atom. The molecule has 1 unspecified atom stereocenters. The highest BCUT2D eigenvalue weighted by Gasteiger charge is 2.05. The molecule has 1 aromatic rings. The third-order valence-electron chi connectivity index (χ3n) is 2.50. The first kappa shape index (κ1) is 13.0. The molecule has 0 fully saturated rings. The number of nitrogens with one attached hydrogen (secondary N) is 1. The molecule has 0 spiro atoms. The molecule has 0 saturated heterocycles. The smallest absolute Gasteiger partial charge is 0.126 e. The number of hydrogen-bond acceptors (Lipinski definition) is 2. The zero-order valence-electron chi connectivity index (χ0n) is 10.2. The first-order valence-electron chi connectivity index (χ1n) is 5.71. The Morgan fingerprint density at radius 1 is 1.44 bits per heavy atom. The van der Waals surface area contributed by atoms with Gasteiger partial charge < -0.3 is 10.1 Å². The molecule has 0 bridgehead atoms. The summed E-state index contributed by atoms with van der Waals surface area (Å²) in [5.74, 6) is 0.561. The number of aryl methyl sites for hydroxylation is 1. The Morgan fingerprint density at radius 2 is 2.19 bits per heavy atom. The average molecular weight is 225 g/mol. The number of ether oxygens (including phenoxy) is 1. The normalized spacial score (nSPS) is 12.5. The molecule has 0 aromatic heterocycles. The highest BCUT2D eigenvalue weighted by molar-refractivity contribution is 5.28. The summed E-state index contributed by atoms with van der Waals surface area (Å²) in [6, 6.07) is 4.87. The number of halogens is 1. The van der Waals surface area contributed by atoms with Crippen molar-refractivity contribution in [3.05, 3.63) is 29.6 Å². The third kappa shape index (κ3) is 4.19. The molecule has 16 heavy (non-hydrogen) atoms. The van der Waals surface area contributed by atoms with Gasteiger partial charge >= 0.3 is 0 Å². The summed E-state index contributed by atoms with van der Waals surface area (Å²) in [5, 5.41) is 3.10. The molecule has 0 aliphatic rings. The Bertz CT molecular complexity index is 328. The van der Waals surface area contributed by atoms with Crippen molar-refractivity contribution in [1.29, 1.82) is 0 Å². The van der Waals surface area contributed by atoms with E-state index in [0.717, 1.165) is 25.1 Å². The molecule has 0 aliphatic carbocycles. The summed E-state index contributed by atoms with van der Waals surface area (Å²) in [6.45, 7) is 4.78. The van der Waals surface area contributed by atoms with Gasteiger partial charge in [-0.15, -0.1) is 0 Å². The fourth-order valence-electron chi connectivity index (χ4n) is 1.55. The topological polar surface area (TPSA) is 21.3 Å². The minimum atomic E-state index is -0.185. The second-order valence-electron chi connectivity index (χ2n) is 4.09. The van der Waals surface area contributed by atoms with Gasteiger partial charge in [-0.05, 0) is 64.0 Å². The molecular weight excluding hydrogens is 205 g/mol. The minimum absolute atomic E-state index is 0.165. The van der Waals surface area contributed by atoms with Crippen LogP contribution in [0.25, 0.3) is 0 Å². The van der Waals surface area contributed by atoms with Crippen LogP contribution in [0, 0.1) is 12.7 Å². The summed E-state index contributed by atoms with van der Waals surface area (Å²) in [6.07, 6.45) is 2.24. The Labute approximate surface area is 96.8 Å². The van der Waals surface area contributed by atoms with Crippen molar-refractivity contribution in [3.8, 4) is 5.75 Å². The van der Waals surface area contributed by atoms with Gasteiger partial charge in [-0.2, -0.15) is 0 Å². The van der Waals surface area contributed by atoms with Crippen molar-refractivity contribution < 1.29 is 9.13 Å². The Kier molecular flexibility index (Phi) is 5.26. The van der Waals surface area contributed by atoms with Crippen LogP contribution in [0.4, 0.5) is 4.39 Å². The predicted octanol–water partition coefficient (Wildman–Crippen LogP) is 2.90. The second-order valence-corrected chi connectivity index (χ2v) is 4.09. The van der Waals surface area contributed by atoms with E-state index in [0.29, 0.717) is 5.56 Å². The van der Waals surface area contributed by atoms with Gasteiger partial charge in [-0.25, -0.2) is 4.39 Å². The molecule has 1 atom stereocenters. The van der Waals surface area contributed by atoms with Crippen molar-refractivity contribution in [1.82, 2.24) is 5.32 Å². The van der Waals surface area contributed by atoms with Crippen molar-refractivity contribution in [2.24, 2.45) is 0 Å². The van der Waals surface area contributed by atoms with E-state index in [1.54, 1.807) is 19.1 Å². The van der Waals surface area contributed by atoms with Gasteiger partial charge in [0, 0.05) is 0 Å². The lowest BCUT2D eigenvalue weighted by Crippen LogP contribution is -2.15.